The summed E-state index contributed by atoms with van der Waals surface area (Å²) in [5.74, 6) is -2.95. The van der Waals surface area contributed by atoms with E-state index in [1.54, 1.807) is 18.2 Å². The number of aliphatic imine (C=N–C) groups is 1. The summed E-state index contributed by atoms with van der Waals surface area (Å²) in [4.78, 5) is 18.8. The predicted octanol–water partition coefficient (Wildman–Crippen LogP) is 7.45. The molecule has 1 heterocycles. The van der Waals surface area contributed by atoms with Crippen molar-refractivity contribution < 1.29 is 31.8 Å². The van der Waals surface area contributed by atoms with Crippen LogP contribution in [0, 0.1) is 0 Å². The van der Waals surface area contributed by atoms with E-state index in [0.717, 1.165) is 23.6 Å². The van der Waals surface area contributed by atoms with Crippen LogP contribution in [0.15, 0.2) is 90.0 Å². The lowest BCUT2D eigenvalue weighted by Crippen LogP contribution is -2.34. The second kappa shape index (κ2) is 17.1. The lowest BCUT2D eigenvalue weighted by molar-refractivity contribution is 0.0596. The molecular formula is C27H31F4N2O3P. The molecule has 0 aromatic heterocycles. The molecule has 5 nitrogen and oxygen atoms in total. The van der Waals surface area contributed by atoms with Crippen molar-refractivity contribution in [3.05, 3.63) is 90.6 Å². The van der Waals surface area contributed by atoms with E-state index in [-0.39, 0.29) is 5.83 Å². The summed E-state index contributed by atoms with van der Waals surface area (Å²) in [5.41, 5.74) is 3.43. The first kappa shape index (κ1) is 31.6. The maximum atomic E-state index is 11.8. The maximum absolute atomic E-state index is 11.8. The first-order valence-corrected chi connectivity index (χ1v) is 12.0. The molecule has 0 saturated heterocycles. The van der Waals surface area contributed by atoms with Crippen molar-refractivity contribution in [2.45, 2.75) is 13.8 Å². The van der Waals surface area contributed by atoms with Crippen LogP contribution in [0.4, 0.5) is 28.9 Å². The molecule has 1 aliphatic rings. The third-order valence-electron chi connectivity index (χ3n) is 4.70. The molecule has 3 rings (SSSR count). The number of halogens is 4. The highest BCUT2D eigenvalue weighted by atomic mass is 31.0. The maximum Gasteiger partial charge on any atom is 0.341 e. The SMILES string of the molecule is C/C(F)=C\CP.C=C(F)/C(F)=C/F.CCN1CC(COc2ccccc2C(=O)OC)=Nc2ccccc21. The fourth-order valence-corrected chi connectivity index (χ4v) is 3.28. The molecule has 1 aliphatic heterocycles. The zero-order valence-corrected chi connectivity index (χ0v) is 22.2. The standard InChI is InChI=1S/C19H20N2O3.C4H3F3.C4H8FP/c1-3-21-12-14(20-16-9-5-6-10-17(16)21)13-24-18-11-7-4-8-15(18)19(22)23-2;1-3(6)4(7)2-5;1-4(5)2-3-6/h4-11H,3,12-13H2,1-2H3;2H,1H2;2H,3,6H2,1H3/b;4-2-;4-2+. The van der Waals surface area contributed by atoms with E-state index in [1.807, 2.05) is 24.3 Å². The summed E-state index contributed by atoms with van der Waals surface area (Å²) >= 11 is 0. The van der Waals surface area contributed by atoms with Gasteiger partial charge in [-0.15, -0.1) is 9.24 Å². The van der Waals surface area contributed by atoms with Gasteiger partial charge in [0.2, 0.25) is 0 Å². The van der Waals surface area contributed by atoms with Gasteiger partial charge < -0.3 is 14.4 Å². The first-order valence-electron chi connectivity index (χ1n) is 11.2. The van der Waals surface area contributed by atoms with Gasteiger partial charge in [0.05, 0.1) is 36.6 Å². The smallest absolute Gasteiger partial charge is 0.341 e. The molecule has 200 valence electrons. The van der Waals surface area contributed by atoms with Crippen LogP contribution in [0.1, 0.15) is 24.2 Å². The Morgan fingerprint density at radius 3 is 2.32 bits per heavy atom. The zero-order chi connectivity index (χ0) is 27.8. The minimum atomic E-state index is -1.56. The molecule has 0 radical (unpaired) electrons. The van der Waals surface area contributed by atoms with Crippen molar-refractivity contribution in [2.75, 3.05) is 37.9 Å². The van der Waals surface area contributed by atoms with Gasteiger partial charge in [0.25, 0.3) is 0 Å². The molecule has 1 unspecified atom stereocenters. The quantitative estimate of drug-likeness (QED) is 0.159. The highest BCUT2D eigenvalue weighted by molar-refractivity contribution is 7.16. The number of rotatable bonds is 7. The molecule has 2 aromatic rings. The van der Waals surface area contributed by atoms with E-state index >= 15 is 0 Å². The summed E-state index contributed by atoms with van der Waals surface area (Å²) in [7, 11) is 3.77. The molecule has 0 spiro atoms. The molecular weight excluding hydrogens is 507 g/mol. The van der Waals surface area contributed by atoms with Crippen LogP contribution in [-0.4, -0.2) is 44.6 Å². The van der Waals surface area contributed by atoms with E-state index in [1.165, 1.54) is 20.1 Å². The summed E-state index contributed by atoms with van der Waals surface area (Å²) < 4.78 is 55.5. The van der Waals surface area contributed by atoms with Gasteiger partial charge in [-0.1, -0.05) is 30.8 Å². The number of anilines is 1. The minimum absolute atomic E-state index is 0.106. The largest absolute Gasteiger partial charge is 0.487 e. The van der Waals surface area contributed by atoms with Crippen molar-refractivity contribution in [3.8, 4) is 5.75 Å². The fourth-order valence-electron chi connectivity index (χ4n) is 2.95. The highest BCUT2D eigenvalue weighted by Crippen LogP contribution is 2.31. The molecule has 10 heteroatoms. The number of esters is 1. The number of fused-ring (bicyclic) bond motifs is 1. The molecule has 0 saturated carbocycles. The average Bonchev–Trinajstić information content (AvgIpc) is 2.91. The van der Waals surface area contributed by atoms with Gasteiger partial charge in [0.15, 0.2) is 11.7 Å². The van der Waals surface area contributed by atoms with Gasteiger partial charge in [-0.3, -0.25) is 4.99 Å². The Morgan fingerprint density at radius 2 is 1.81 bits per heavy atom. The Morgan fingerprint density at radius 1 is 1.16 bits per heavy atom. The number of methoxy groups -OCH3 is 1. The van der Waals surface area contributed by atoms with Gasteiger partial charge in [-0.05, 0) is 50.4 Å². The van der Waals surface area contributed by atoms with Crippen molar-refractivity contribution in [1.29, 1.82) is 0 Å². The highest BCUT2D eigenvalue weighted by Gasteiger charge is 2.19. The molecule has 0 aliphatic carbocycles. The van der Waals surface area contributed by atoms with Gasteiger partial charge in [-0.25, -0.2) is 22.4 Å². The van der Waals surface area contributed by atoms with Crippen molar-refractivity contribution in [3.63, 3.8) is 0 Å². The van der Waals surface area contributed by atoms with E-state index in [4.69, 9.17) is 9.47 Å². The summed E-state index contributed by atoms with van der Waals surface area (Å²) in [6, 6.07) is 15.1. The van der Waals surface area contributed by atoms with E-state index in [0.29, 0.717) is 30.6 Å². The lowest BCUT2D eigenvalue weighted by Gasteiger charge is -2.29. The number of allylic oxidation sites excluding steroid dienone is 4. The van der Waals surface area contributed by atoms with E-state index in [9.17, 15) is 22.4 Å². The van der Waals surface area contributed by atoms with Gasteiger partial charge in [0.1, 0.15) is 24.2 Å². The fraction of sp³-hybridized carbons (Fsp3) is 0.259. The van der Waals surface area contributed by atoms with Gasteiger partial charge in [0, 0.05) is 6.54 Å². The van der Waals surface area contributed by atoms with Crippen LogP contribution >= 0.6 is 9.24 Å². The number of benzene rings is 2. The van der Waals surface area contributed by atoms with Crippen LogP contribution in [0.5, 0.6) is 5.75 Å². The number of ether oxygens (including phenoxy) is 2. The lowest BCUT2D eigenvalue weighted by atomic mass is 10.1. The Balaban J connectivity index is 0.000000437. The number of nitrogens with zero attached hydrogens (tertiary/aromatic N) is 2. The molecule has 37 heavy (non-hydrogen) atoms. The molecule has 0 N–H and O–H groups in total. The van der Waals surface area contributed by atoms with E-state index in [2.05, 4.69) is 38.7 Å². The van der Waals surface area contributed by atoms with Gasteiger partial charge >= 0.3 is 5.97 Å². The third-order valence-corrected chi connectivity index (χ3v) is 4.93. The molecule has 2 aromatic carbocycles. The summed E-state index contributed by atoms with van der Waals surface area (Å²) in [5, 5.41) is 0. The molecule has 0 amide bonds. The summed E-state index contributed by atoms with van der Waals surface area (Å²) in [6.45, 7) is 7.97. The molecule has 0 fully saturated rings. The van der Waals surface area contributed by atoms with Crippen molar-refractivity contribution in [1.82, 2.24) is 0 Å². The van der Waals surface area contributed by atoms with Crippen LogP contribution < -0.4 is 9.64 Å². The number of carbonyl (C=O) groups is 1. The number of hydrogen-bond acceptors (Lipinski definition) is 5. The zero-order valence-electron chi connectivity index (χ0n) is 21.0. The van der Waals surface area contributed by atoms with Gasteiger partial charge in [-0.2, -0.15) is 0 Å². The first-order chi connectivity index (χ1) is 17.7. The van der Waals surface area contributed by atoms with Crippen molar-refractivity contribution >= 4 is 32.3 Å². The Labute approximate surface area is 217 Å². The Bertz CT molecular complexity index is 1130. The third kappa shape index (κ3) is 11.0. The van der Waals surface area contributed by atoms with Crippen LogP contribution in [0.3, 0.4) is 0 Å². The van der Waals surface area contributed by atoms with Crippen LogP contribution in [0.25, 0.3) is 0 Å². The molecule has 0 bridgehead atoms. The number of para-hydroxylation sites is 3. The van der Waals surface area contributed by atoms with Crippen LogP contribution in [0.2, 0.25) is 0 Å². The topological polar surface area (TPSA) is 51.1 Å². The van der Waals surface area contributed by atoms with E-state index < -0.39 is 24.0 Å². The monoisotopic (exact) mass is 538 g/mol. The van der Waals surface area contributed by atoms with Crippen LogP contribution in [-0.2, 0) is 4.74 Å². The Hall–Kier alpha value is -3.45. The molecule has 1 atom stereocenters. The second-order valence-electron chi connectivity index (χ2n) is 7.35. The van der Waals surface area contributed by atoms with Crippen molar-refractivity contribution in [2.24, 2.45) is 4.99 Å². The normalized spacial score (nSPS) is 12.6. The number of carbonyl (C=O) groups excluding carboxylic acids is 1. The summed E-state index contributed by atoms with van der Waals surface area (Å²) in [6.07, 6.45) is 1.73. The Kier molecular flexibility index (Phi) is 14.6. The predicted molar refractivity (Wildman–Crippen MR) is 145 cm³/mol. The average molecular weight is 539 g/mol. The minimum Gasteiger partial charge on any atom is -0.487 e. The second-order valence-corrected chi connectivity index (χ2v) is 7.82. The number of hydrogen-bond donors (Lipinski definition) is 0.